The zero-order valence-corrected chi connectivity index (χ0v) is 13.9. The van der Waals surface area contributed by atoms with Crippen molar-refractivity contribution >= 4 is 32.5 Å². The van der Waals surface area contributed by atoms with Gasteiger partial charge in [0.1, 0.15) is 0 Å². The molecule has 0 fully saturated rings. The predicted octanol–water partition coefficient (Wildman–Crippen LogP) is 4.26. The zero-order valence-electron chi connectivity index (χ0n) is 12.3. The Labute approximate surface area is 132 Å². The number of H-pyrrole nitrogens is 1. The van der Waals surface area contributed by atoms with Gasteiger partial charge in [0.05, 0.1) is 11.2 Å². The van der Waals surface area contributed by atoms with Gasteiger partial charge in [-0.2, -0.15) is 5.10 Å². The molecule has 0 bridgehead atoms. The van der Waals surface area contributed by atoms with Crippen LogP contribution in [-0.4, -0.2) is 15.2 Å². The Hall–Kier alpha value is -1.88. The fraction of sp³-hybridized carbons (Fsp3) is 0.250. The van der Waals surface area contributed by atoms with E-state index in [1.165, 1.54) is 5.56 Å². The molecule has 2 aromatic heterocycles. The van der Waals surface area contributed by atoms with Crippen LogP contribution in [0.1, 0.15) is 22.6 Å². The predicted molar refractivity (Wildman–Crippen MR) is 89.6 cm³/mol. The summed E-state index contributed by atoms with van der Waals surface area (Å²) in [6, 6.07) is 8.23. The van der Waals surface area contributed by atoms with Gasteiger partial charge in [-0.15, -0.1) is 0 Å². The van der Waals surface area contributed by atoms with Crippen LogP contribution >= 0.6 is 15.9 Å². The lowest BCUT2D eigenvalue weighted by Gasteiger charge is -2.11. The fourth-order valence-corrected chi connectivity index (χ4v) is 2.86. The summed E-state index contributed by atoms with van der Waals surface area (Å²) in [4.78, 5) is 4.58. The maximum absolute atomic E-state index is 4.58. The molecule has 0 aliphatic rings. The molecule has 21 heavy (non-hydrogen) atoms. The first-order valence-corrected chi connectivity index (χ1v) is 7.65. The van der Waals surface area contributed by atoms with Gasteiger partial charge in [0.15, 0.2) is 0 Å². The van der Waals surface area contributed by atoms with Gasteiger partial charge in [-0.3, -0.25) is 10.1 Å². The number of halogens is 1. The molecule has 4 nitrogen and oxygen atoms in total. The van der Waals surface area contributed by atoms with E-state index >= 15 is 0 Å². The molecule has 0 spiro atoms. The highest BCUT2D eigenvalue weighted by molar-refractivity contribution is 9.10. The van der Waals surface area contributed by atoms with Crippen molar-refractivity contribution < 1.29 is 0 Å². The first-order valence-electron chi connectivity index (χ1n) is 6.86. The molecular weight excluding hydrogens is 328 g/mol. The minimum Gasteiger partial charge on any atom is -0.380 e. The van der Waals surface area contributed by atoms with Crippen LogP contribution in [0.5, 0.6) is 0 Å². The van der Waals surface area contributed by atoms with Crippen molar-refractivity contribution in [1.29, 1.82) is 0 Å². The van der Waals surface area contributed by atoms with Crippen LogP contribution in [0.2, 0.25) is 0 Å². The summed E-state index contributed by atoms with van der Waals surface area (Å²) in [6.07, 6.45) is 0. The molecule has 2 N–H and O–H groups in total. The average Bonchev–Trinajstić information content (AvgIpc) is 2.76. The summed E-state index contributed by atoms with van der Waals surface area (Å²) >= 11 is 3.53. The van der Waals surface area contributed by atoms with E-state index in [4.69, 9.17) is 0 Å². The maximum atomic E-state index is 4.58. The highest BCUT2D eigenvalue weighted by atomic mass is 79.9. The number of fused-ring (bicyclic) bond motifs is 1. The van der Waals surface area contributed by atoms with Crippen molar-refractivity contribution in [3.8, 4) is 0 Å². The van der Waals surface area contributed by atoms with Crippen LogP contribution in [-0.2, 0) is 6.54 Å². The molecule has 1 aromatic carbocycles. The first-order chi connectivity index (χ1) is 10.0. The van der Waals surface area contributed by atoms with E-state index in [9.17, 15) is 0 Å². The number of anilines is 1. The smallest absolute Gasteiger partial charge is 0.0726 e. The number of nitrogens with zero attached hydrogens (tertiary/aromatic N) is 2. The third kappa shape index (κ3) is 2.78. The van der Waals surface area contributed by atoms with E-state index < -0.39 is 0 Å². The minimum atomic E-state index is 0.749. The van der Waals surface area contributed by atoms with Crippen molar-refractivity contribution in [2.24, 2.45) is 0 Å². The first kappa shape index (κ1) is 14.1. The van der Waals surface area contributed by atoms with Crippen molar-refractivity contribution in [2.45, 2.75) is 27.3 Å². The Balaban J connectivity index is 1.98. The van der Waals surface area contributed by atoms with Crippen LogP contribution < -0.4 is 5.32 Å². The number of aryl methyl sites for hydroxylation is 3. The van der Waals surface area contributed by atoms with Gasteiger partial charge in [-0.05, 0) is 45.0 Å². The third-order valence-corrected chi connectivity index (χ3v) is 4.13. The normalized spacial score (nSPS) is 11.0. The Morgan fingerprint density at radius 2 is 2.00 bits per heavy atom. The zero-order chi connectivity index (χ0) is 15.0. The van der Waals surface area contributed by atoms with Crippen LogP contribution in [0.3, 0.4) is 0 Å². The highest BCUT2D eigenvalue weighted by Crippen LogP contribution is 2.27. The quantitative estimate of drug-likeness (QED) is 0.746. The topological polar surface area (TPSA) is 53.6 Å². The molecule has 0 amide bonds. The number of aromatic nitrogens is 3. The number of aromatic amines is 1. The molecule has 5 heteroatoms. The summed E-state index contributed by atoms with van der Waals surface area (Å²) in [7, 11) is 0. The monoisotopic (exact) mass is 344 g/mol. The fourth-order valence-electron chi connectivity index (χ4n) is 2.49. The van der Waals surface area contributed by atoms with Gasteiger partial charge < -0.3 is 5.32 Å². The summed E-state index contributed by atoms with van der Waals surface area (Å²) in [5.41, 5.74) is 6.47. The van der Waals surface area contributed by atoms with Gasteiger partial charge in [0.2, 0.25) is 0 Å². The molecule has 0 aliphatic carbocycles. The molecule has 0 saturated heterocycles. The van der Waals surface area contributed by atoms with E-state index in [1.807, 2.05) is 32.9 Å². The highest BCUT2D eigenvalue weighted by Gasteiger charge is 2.08. The number of benzene rings is 1. The third-order valence-electron chi connectivity index (χ3n) is 3.64. The van der Waals surface area contributed by atoms with Crippen molar-refractivity contribution in [3.63, 3.8) is 0 Å². The molecule has 0 saturated carbocycles. The SMILES string of the molecule is Cc1cc(NCc2c(C)n[nH]c2C)c2cc(Br)ccc2n1. The van der Waals surface area contributed by atoms with E-state index in [0.717, 1.165) is 44.7 Å². The summed E-state index contributed by atoms with van der Waals surface area (Å²) < 4.78 is 1.05. The van der Waals surface area contributed by atoms with Gasteiger partial charge in [0.25, 0.3) is 0 Å². The van der Waals surface area contributed by atoms with Crippen molar-refractivity contribution in [3.05, 3.63) is 51.4 Å². The number of nitrogens with one attached hydrogen (secondary N) is 2. The van der Waals surface area contributed by atoms with E-state index in [-0.39, 0.29) is 0 Å². The van der Waals surface area contributed by atoms with Crippen LogP contribution in [0.4, 0.5) is 5.69 Å². The Morgan fingerprint density at radius 3 is 2.71 bits per heavy atom. The van der Waals surface area contributed by atoms with Gasteiger partial charge in [-0.25, -0.2) is 0 Å². The van der Waals surface area contributed by atoms with Crippen molar-refractivity contribution in [2.75, 3.05) is 5.32 Å². The largest absolute Gasteiger partial charge is 0.380 e. The van der Waals surface area contributed by atoms with E-state index in [2.05, 4.69) is 48.6 Å². The van der Waals surface area contributed by atoms with Crippen molar-refractivity contribution in [1.82, 2.24) is 15.2 Å². The van der Waals surface area contributed by atoms with Crippen LogP contribution in [0, 0.1) is 20.8 Å². The number of hydrogen-bond acceptors (Lipinski definition) is 3. The number of pyridine rings is 1. The number of rotatable bonds is 3. The molecule has 3 rings (SSSR count). The standard InChI is InChI=1S/C16H17BrN4/c1-9-6-16(13-7-12(17)4-5-15(13)19-9)18-8-14-10(2)20-21-11(14)3/h4-7H,8H2,1-3H3,(H,18,19)(H,20,21). The van der Waals surface area contributed by atoms with E-state index in [1.54, 1.807) is 0 Å². The summed E-state index contributed by atoms with van der Waals surface area (Å²) in [5.74, 6) is 0. The molecule has 0 unspecified atom stereocenters. The Morgan fingerprint density at radius 1 is 1.19 bits per heavy atom. The van der Waals surface area contributed by atoms with Crippen LogP contribution in [0.25, 0.3) is 10.9 Å². The van der Waals surface area contributed by atoms with Crippen LogP contribution in [0.15, 0.2) is 28.7 Å². The second-order valence-corrected chi connectivity index (χ2v) is 6.15. The lowest BCUT2D eigenvalue weighted by molar-refractivity contribution is 1.02. The summed E-state index contributed by atoms with van der Waals surface area (Å²) in [5, 5.41) is 11.9. The average molecular weight is 345 g/mol. The second-order valence-electron chi connectivity index (χ2n) is 5.24. The number of hydrogen-bond donors (Lipinski definition) is 2. The van der Waals surface area contributed by atoms with Gasteiger partial charge >= 0.3 is 0 Å². The minimum absolute atomic E-state index is 0.749. The molecule has 3 aromatic rings. The molecule has 0 radical (unpaired) electrons. The Bertz CT molecular complexity index is 788. The lowest BCUT2D eigenvalue weighted by atomic mass is 10.1. The van der Waals surface area contributed by atoms with Gasteiger partial charge in [0, 0.05) is 39.0 Å². The molecule has 108 valence electrons. The summed E-state index contributed by atoms with van der Waals surface area (Å²) in [6.45, 7) is 6.83. The second kappa shape index (κ2) is 5.48. The van der Waals surface area contributed by atoms with E-state index in [0.29, 0.717) is 0 Å². The Kier molecular flexibility index (Phi) is 3.68. The molecule has 2 heterocycles. The molecule has 0 atom stereocenters. The molecular formula is C16H17BrN4. The lowest BCUT2D eigenvalue weighted by Crippen LogP contribution is -2.03. The molecule has 0 aliphatic heterocycles. The maximum Gasteiger partial charge on any atom is 0.0726 e. The van der Waals surface area contributed by atoms with Gasteiger partial charge in [-0.1, -0.05) is 15.9 Å².